The average Bonchev–Trinajstić information content (AvgIpc) is 2.87. The smallest absolute Gasteiger partial charge is 0.242 e. The molecule has 1 aliphatic heterocycles. The zero-order valence-electron chi connectivity index (χ0n) is 10.1. The highest BCUT2D eigenvalue weighted by atomic mass is 32.2. The molecule has 3 N–H and O–H groups in total. The first kappa shape index (κ1) is 13.9. The van der Waals surface area contributed by atoms with E-state index in [9.17, 15) is 8.42 Å². The molecule has 0 saturated carbocycles. The van der Waals surface area contributed by atoms with E-state index in [0.29, 0.717) is 18.2 Å². The van der Waals surface area contributed by atoms with Gasteiger partial charge in [-0.1, -0.05) is 0 Å². The zero-order chi connectivity index (χ0) is 13.0. The maximum absolute atomic E-state index is 12.0. The van der Waals surface area contributed by atoms with Gasteiger partial charge in [-0.15, -0.1) is 0 Å². The summed E-state index contributed by atoms with van der Waals surface area (Å²) in [5, 5.41) is 8.90. The van der Waals surface area contributed by atoms with Crippen LogP contribution in [0, 0.1) is 5.92 Å². The summed E-state index contributed by atoms with van der Waals surface area (Å²) < 4.78 is 26.6. The molecule has 2 rings (SSSR count). The Balaban J connectivity index is 1.94. The van der Waals surface area contributed by atoms with E-state index in [1.165, 1.54) is 12.3 Å². The highest BCUT2D eigenvalue weighted by Crippen LogP contribution is 2.22. The number of rotatable bonds is 5. The van der Waals surface area contributed by atoms with Crippen molar-refractivity contribution in [1.29, 1.82) is 0 Å². The molecule has 0 aromatic carbocycles. The van der Waals surface area contributed by atoms with Gasteiger partial charge in [0.15, 0.2) is 0 Å². The van der Waals surface area contributed by atoms with Crippen LogP contribution in [-0.2, 0) is 16.6 Å². The number of aromatic nitrogens is 1. The van der Waals surface area contributed by atoms with Crippen LogP contribution in [0.2, 0.25) is 0 Å². The van der Waals surface area contributed by atoms with Crippen LogP contribution < -0.4 is 4.72 Å². The molecule has 0 amide bonds. The topological polar surface area (TPSA) is 82.2 Å². The predicted octanol–water partition coefficient (Wildman–Crippen LogP) is 0.928. The van der Waals surface area contributed by atoms with Crippen LogP contribution in [0.15, 0.2) is 17.2 Å². The Morgan fingerprint density at radius 1 is 1.44 bits per heavy atom. The van der Waals surface area contributed by atoms with Crippen LogP contribution in [0.3, 0.4) is 0 Å². The van der Waals surface area contributed by atoms with Gasteiger partial charge >= 0.3 is 0 Å². The van der Waals surface area contributed by atoms with Crippen LogP contribution in [0.5, 0.6) is 0 Å². The van der Waals surface area contributed by atoms with Gasteiger partial charge < -0.3 is 10.1 Å². The number of sulfonamides is 1. The van der Waals surface area contributed by atoms with Crippen LogP contribution in [0.4, 0.5) is 0 Å². The van der Waals surface area contributed by atoms with Gasteiger partial charge in [-0.3, -0.25) is 0 Å². The Kier molecular flexibility index (Phi) is 4.71. The van der Waals surface area contributed by atoms with Crippen molar-refractivity contribution < 1.29 is 13.5 Å². The molecule has 1 aromatic heterocycles. The second-order valence-electron chi connectivity index (χ2n) is 4.43. The second kappa shape index (κ2) is 6.10. The minimum absolute atomic E-state index is 0.185. The van der Waals surface area contributed by atoms with Crippen molar-refractivity contribution in [1.82, 2.24) is 9.71 Å². The van der Waals surface area contributed by atoms with Crippen LogP contribution in [0.1, 0.15) is 18.5 Å². The lowest BCUT2D eigenvalue weighted by atomic mass is 10.0. The fraction of sp³-hybridized carbons (Fsp3) is 0.636. The van der Waals surface area contributed by atoms with Crippen molar-refractivity contribution in [2.75, 3.05) is 18.1 Å². The zero-order valence-corrected chi connectivity index (χ0v) is 11.7. The molecule has 102 valence electrons. The van der Waals surface area contributed by atoms with Crippen molar-refractivity contribution in [2.45, 2.75) is 24.3 Å². The monoisotopic (exact) mass is 290 g/mol. The number of thioether (sulfide) groups is 1. The minimum atomic E-state index is -3.45. The minimum Gasteiger partial charge on any atom is -0.390 e. The summed E-state index contributed by atoms with van der Waals surface area (Å²) in [4.78, 5) is 2.92. The summed E-state index contributed by atoms with van der Waals surface area (Å²) in [6.45, 7) is 0.317. The van der Waals surface area contributed by atoms with E-state index in [-0.39, 0.29) is 11.5 Å². The average molecular weight is 290 g/mol. The Hall–Kier alpha value is -0.500. The normalized spacial score (nSPS) is 18.1. The largest absolute Gasteiger partial charge is 0.390 e. The fourth-order valence-corrected chi connectivity index (χ4v) is 4.26. The number of aromatic amines is 1. The Labute approximate surface area is 111 Å². The summed E-state index contributed by atoms with van der Waals surface area (Å²) in [5.41, 5.74) is 0.504. The third-order valence-electron chi connectivity index (χ3n) is 3.10. The van der Waals surface area contributed by atoms with Gasteiger partial charge in [0.05, 0.1) is 11.5 Å². The SMILES string of the molecule is O=S(=O)(NCC1CCSCC1)c1c[nH]c(CO)c1. The van der Waals surface area contributed by atoms with Gasteiger partial charge in [0.25, 0.3) is 0 Å². The van der Waals surface area contributed by atoms with E-state index in [0.717, 1.165) is 24.3 Å². The molecule has 0 unspecified atom stereocenters. The van der Waals surface area contributed by atoms with E-state index in [4.69, 9.17) is 5.11 Å². The first-order valence-corrected chi connectivity index (χ1v) is 8.61. The number of hydrogen-bond acceptors (Lipinski definition) is 4. The highest BCUT2D eigenvalue weighted by molar-refractivity contribution is 7.99. The standard InChI is InChI=1S/C11H18N2O3S2/c14-8-10-5-11(7-12-10)18(15,16)13-6-9-1-3-17-4-2-9/h5,7,9,12-14H,1-4,6,8H2. The molecule has 2 heterocycles. The maximum atomic E-state index is 12.0. The molecular formula is C11H18N2O3S2. The van der Waals surface area contributed by atoms with Gasteiger partial charge in [-0.25, -0.2) is 13.1 Å². The molecule has 0 bridgehead atoms. The van der Waals surface area contributed by atoms with E-state index in [2.05, 4.69) is 9.71 Å². The molecular weight excluding hydrogens is 272 g/mol. The molecule has 1 aliphatic rings. The van der Waals surface area contributed by atoms with Crippen LogP contribution in [-0.4, -0.2) is 36.6 Å². The van der Waals surface area contributed by atoms with E-state index in [1.807, 2.05) is 11.8 Å². The van der Waals surface area contributed by atoms with Gasteiger partial charge in [-0.05, 0) is 36.3 Å². The molecule has 1 fully saturated rings. The van der Waals surface area contributed by atoms with E-state index >= 15 is 0 Å². The summed E-state index contributed by atoms with van der Waals surface area (Å²) in [6, 6.07) is 1.46. The van der Waals surface area contributed by atoms with Gasteiger partial charge in [0.1, 0.15) is 0 Å². The lowest BCUT2D eigenvalue weighted by Gasteiger charge is -2.21. The van der Waals surface area contributed by atoms with Crippen LogP contribution >= 0.6 is 11.8 Å². The van der Waals surface area contributed by atoms with Crippen molar-refractivity contribution in [3.05, 3.63) is 18.0 Å². The van der Waals surface area contributed by atoms with Crippen molar-refractivity contribution in [3.63, 3.8) is 0 Å². The lowest BCUT2D eigenvalue weighted by molar-refractivity contribution is 0.277. The summed E-state index contributed by atoms with van der Waals surface area (Å²) in [7, 11) is -3.45. The quantitative estimate of drug-likeness (QED) is 0.753. The number of aliphatic hydroxyl groups excluding tert-OH is 1. The van der Waals surface area contributed by atoms with Gasteiger partial charge in [-0.2, -0.15) is 11.8 Å². The van der Waals surface area contributed by atoms with Crippen molar-refractivity contribution >= 4 is 21.8 Å². The van der Waals surface area contributed by atoms with E-state index in [1.54, 1.807) is 0 Å². The van der Waals surface area contributed by atoms with E-state index < -0.39 is 10.0 Å². The first-order valence-electron chi connectivity index (χ1n) is 5.97. The summed E-state index contributed by atoms with van der Waals surface area (Å²) in [6.07, 6.45) is 3.55. The first-order chi connectivity index (χ1) is 8.62. The van der Waals surface area contributed by atoms with Gasteiger partial charge in [0, 0.05) is 18.4 Å². The molecule has 0 radical (unpaired) electrons. The molecule has 1 saturated heterocycles. The van der Waals surface area contributed by atoms with Gasteiger partial charge in [0.2, 0.25) is 10.0 Å². The molecule has 0 aliphatic carbocycles. The summed E-state index contributed by atoms with van der Waals surface area (Å²) >= 11 is 1.92. The number of nitrogens with one attached hydrogen (secondary N) is 2. The third kappa shape index (κ3) is 3.50. The highest BCUT2D eigenvalue weighted by Gasteiger charge is 2.19. The number of H-pyrrole nitrogens is 1. The van der Waals surface area contributed by atoms with Crippen molar-refractivity contribution in [2.24, 2.45) is 5.92 Å². The number of aliphatic hydroxyl groups is 1. The predicted molar refractivity (Wildman–Crippen MR) is 72.0 cm³/mol. The third-order valence-corrected chi connectivity index (χ3v) is 5.55. The Morgan fingerprint density at radius 2 is 2.17 bits per heavy atom. The van der Waals surface area contributed by atoms with Crippen molar-refractivity contribution in [3.8, 4) is 0 Å². The molecule has 7 heteroatoms. The molecule has 1 aromatic rings. The Bertz CT molecular complexity index is 478. The molecule has 5 nitrogen and oxygen atoms in total. The second-order valence-corrected chi connectivity index (χ2v) is 7.42. The molecule has 18 heavy (non-hydrogen) atoms. The lowest BCUT2D eigenvalue weighted by Crippen LogP contribution is -2.30. The number of hydrogen-bond donors (Lipinski definition) is 3. The fourth-order valence-electron chi connectivity index (χ4n) is 1.93. The molecule has 0 atom stereocenters. The van der Waals surface area contributed by atoms with Crippen LogP contribution in [0.25, 0.3) is 0 Å². The maximum Gasteiger partial charge on any atom is 0.242 e. The summed E-state index contributed by atoms with van der Waals surface area (Å²) in [5.74, 6) is 2.67. The molecule has 0 spiro atoms. The Morgan fingerprint density at radius 3 is 2.78 bits per heavy atom.